The number of imidazole rings is 1. The van der Waals surface area contributed by atoms with E-state index in [4.69, 9.17) is 5.11 Å². The maximum atomic E-state index is 10.8. The third-order valence-corrected chi connectivity index (χ3v) is 2.37. The van der Waals surface area contributed by atoms with Crippen molar-refractivity contribution in [1.82, 2.24) is 9.55 Å². The van der Waals surface area contributed by atoms with E-state index in [0.29, 0.717) is 11.3 Å². The van der Waals surface area contributed by atoms with Crippen LogP contribution in [0.15, 0.2) is 30.7 Å². The second kappa shape index (κ2) is 4.34. The average molecular weight is 233 g/mol. The van der Waals surface area contributed by atoms with Crippen molar-refractivity contribution in [3.63, 3.8) is 0 Å². The van der Waals surface area contributed by atoms with Crippen LogP contribution in [-0.2, 0) is 6.61 Å². The minimum absolute atomic E-state index is 0.0436. The highest BCUT2D eigenvalue weighted by atomic mass is 16.6. The van der Waals surface area contributed by atoms with Gasteiger partial charge in [0.1, 0.15) is 0 Å². The van der Waals surface area contributed by atoms with Gasteiger partial charge in [-0.15, -0.1) is 0 Å². The van der Waals surface area contributed by atoms with Crippen molar-refractivity contribution in [1.29, 1.82) is 0 Å². The molecule has 0 aliphatic rings. The first-order valence-corrected chi connectivity index (χ1v) is 5.00. The van der Waals surface area contributed by atoms with E-state index in [9.17, 15) is 10.1 Å². The molecule has 0 saturated heterocycles. The Morgan fingerprint density at radius 3 is 2.76 bits per heavy atom. The Morgan fingerprint density at radius 1 is 1.47 bits per heavy atom. The van der Waals surface area contributed by atoms with Gasteiger partial charge in [0, 0.05) is 18.3 Å². The molecule has 17 heavy (non-hydrogen) atoms. The van der Waals surface area contributed by atoms with Crippen LogP contribution in [0.2, 0.25) is 0 Å². The lowest BCUT2D eigenvalue weighted by atomic mass is 10.2. The highest BCUT2D eigenvalue weighted by Gasteiger charge is 2.10. The number of hydrogen-bond acceptors (Lipinski definition) is 4. The maximum Gasteiger partial charge on any atom is 0.271 e. The zero-order valence-corrected chi connectivity index (χ0v) is 9.20. The van der Waals surface area contributed by atoms with E-state index in [-0.39, 0.29) is 12.3 Å². The zero-order chi connectivity index (χ0) is 12.4. The molecule has 0 saturated carbocycles. The van der Waals surface area contributed by atoms with Crippen LogP contribution < -0.4 is 0 Å². The number of aliphatic hydroxyl groups excluding tert-OH is 1. The zero-order valence-electron chi connectivity index (χ0n) is 9.20. The molecule has 1 aromatic carbocycles. The SMILES string of the molecule is Cc1cn(-c2cc(CO)cc([N+](=O)[O-])c2)cn1. The van der Waals surface area contributed by atoms with Crippen LogP contribution >= 0.6 is 0 Å². The lowest BCUT2D eigenvalue weighted by Crippen LogP contribution is -1.97. The topological polar surface area (TPSA) is 81.2 Å². The van der Waals surface area contributed by atoms with E-state index in [1.54, 1.807) is 23.2 Å². The Labute approximate surface area is 97.3 Å². The smallest absolute Gasteiger partial charge is 0.271 e. The van der Waals surface area contributed by atoms with E-state index >= 15 is 0 Å². The number of aryl methyl sites for hydroxylation is 1. The summed E-state index contributed by atoms with van der Waals surface area (Å²) in [5.74, 6) is 0. The van der Waals surface area contributed by atoms with E-state index in [0.717, 1.165) is 5.69 Å². The summed E-state index contributed by atoms with van der Waals surface area (Å²) in [5, 5.41) is 19.8. The molecule has 0 aliphatic heterocycles. The van der Waals surface area contributed by atoms with Crippen molar-refractivity contribution in [2.75, 3.05) is 0 Å². The summed E-state index contributed by atoms with van der Waals surface area (Å²) >= 11 is 0. The van der Waals surface area contributed by atoms with E-state index in [2.05, 4.69) is 4.98 Å². The van der Waals surface area contributed by atoms with Gasteiger partial charge in [0.15, 0.2) is 0 Å². The van der Waals surface area contributed by atoms with Crippen molar-refractivity contribution in [2.45, 2.75) is 13.5 Å². The van der Waals surface area contributed by atoms with Gasteiger partial charge in [-0.3, -0.25) is 10.1 Å². The van der Waals surface area contributed by atoms with Crippen LogP contribution in [0.3, 0.4) is 0 Å². The number of nitrogens with zero attached hydrogens (tertiary/aromatic N) is 3. The minimum atomic E-state index is -0.480. The Bertz CT molecular complexity index is 563. The molecular formula is C11H11N3O3. The summed E-state index contributed by atoms with van der Waals surface area (Å²) in [4.78, 5) is 14.3. The third kappa shape index (κ3) is 2.31. The number of rotatable bonds is 3. The first-order chi connectivity index (χ1) is 8.10. The summed E-state index contributed by atoms with van der Waals surface area (Å²) in [6.45, 7) is 1.60. The fourth-order valence-corrected chi connectivity index (χ4v) is 1.56. The second-order valence-corrected chi connectivity index (χ2v) is 3.70. The highest BCUT2D eigenvalue weighted by molar-refractivity contribution is 5.47. The van der Waals surface area contributed by atoms with Crippen molar-refractivity contribution in [2.24, 2.45) is 0 Å². The van der Waals surface area contributed by atoms with Crippen LogP contribution in [0, 0.1) is 17.0 Å². The fraction of sp³-hybridized carbons (Fsp3) is 0.182. The standard InChI is InChI=1S/C11H11N3O3/c1-8-5-13(7-12-8)10-2-9(6-15)3-11(4-10)14(16)17/h2-5,7,15H,6H2,1H3. The van der Waals surface area contributed by atoms with E-state index in [1.807, 2.05) is 6.92 Å². The van der Waals surface area contributed by atoms with Crippen LogP contribution in [0.4, 0.5) is 5.69 Å². The average Bonchev–Trinajstić information content (AvgIpc) is 2.75. The van der Waals surface area contributed by atoms with Gasteiger partial charge >= 0.3 is 0 Å². The van der Waals surface area contributed by atoms with Crippen molar-refractivity contribution < 1.29 is 10.0 Å². The van der Waals surface area contributed by atoms with Crippen molar-refractivity contribution in [3.8, 4) is 5.69 Å². The van der Waals surface area contributed by atoms with Crippen molar-refractivity contribution in [3.05, 3.63) is 52.1 Å². The number of aliphatic hydroxyl groups is 1. The van der Waals surface area contributed by atoms with Crippen LogP contribution in [0.5, 0.6) is 0 Å². The molecule has 0 aliphatic carbocycles. The number of benzene rings is 1. The first-order valence-electron chi connectivity index (χ1n) is 5.00. The number of hydrogen-bond donors (Lipinski definition) is 1. The molecule has 1 N–H and O–H groups in total. The molecule has 0 amide bonds. The molecule has 0 bridgehead atoms. The molecule has 6 nitrogen and oxygen atoms in total. The summed E-state index contributed by atoms with van der Waals surface area (Å²) < 4.78 is 1.68. The summed E-state index contributed by atoms with van der Waals surface area (Å²) in [5.41, 5.74) is 1.89. The van der Waals surface area contributed by atoms with Gasteiger partial charge in [0.05, 0.1) is 29.2 Å². The molecule has 88 valence electrons. The molecule has 0 spiro atoms. The number of nitro groups is 1. The van der Waals surface area contributed by atoms with Crippen molar-refractivity contribution >= 4 is 5.69 Å². The monoisotopic (exact) mass is 233 g/mol. The lowest BCUT2D eigenvalue weighted by molar-refractivity contribution is -0.384. The molecular weight excluding hydrogens is 222 g/mol. The van der Waals surface area contributed by atoms with E-state index < -0.39 is 4.92 Å². The quantitative estimate of drug-likeness (QED) is 0.644. The molecule has 2 rings (SSSR count). The van der Waals surface area contributed by atoms with Gasteiger partial charge in [-0.1, -0.05) is 0 Å². The van der Waals surface area contributed by atoms with Gasteiger partial charge in [-0.2, -0.15) is 0 Å². The largest absolute Gasteiger partial charge is 0.392 e. The molecule has 1 aromatic heterocycles. The van der Waals surface area contributed by atoms with Crippen LogP contribution in [-0.4, -0.2) is 19.6 Å². The van der Waals surface area contributed by atoms with Gasteiger partial charge in [-0.05, 0) is 18.6 Å². The molecule has 2 aromatic rings. The Kier molecular flexibility index (Phi) is 2.88. The van der Waals surface area contributed by atoms with Gasteiger partial charge < -0.3 is 9.67 Å². The Morgan fingerprint density at radius 2 is 2.24 bits per heavy atom. The van der Waals surface area contributed by atoms with Gasteiger partial charge in [0.25, 0.3) is 5.69 Å². The molecule has 1 heterocycles. The summed E-state index contributed by atoms with van der Waals surface area (Å²) in [7, 11) is 0. The second-order valence-electron chi connectivity index (χ2n) is 3.70. The Balaban J connectivity index is 2.53. The molecule has 0 radical (unpaired) electrons. The minimum Gasteiger partial charge on any atom is -0.392 e. The lowest BCUT2D eigenvalue weighted by Gasteiger charge is -2.04. The van der Waals surface area contributed by atoms with Gasteiger partial charge in [0.2, 0.25) is 0 Å². The highest BCUT2D eigenvalue weighted by Crippen LogP contribution is 2.20. The normalized spacial score (nSPS) is 10.5. The fourth-order valence-electron chi connectivity index (χ4n) is 1.56. The van der Waals surface area contributed by atoms with Crippen LogP contribution in [0.1, 0.15) is 11.3 Å². The third-order valence-electron chi connectivity index (χ3n) is 2.37. The predicted octanol–water partition coefficient (Wildman–Crippen LogP) is 1.58. The van der Waals surface area contributed by atoms with Crippen LogP contribution in [0.25, 0.3) is 5.69 Å². The number of nitro benzene ring substituents is 1. The number of non-ortho nitro benzene ring substituents is 1. The number of aromatic nitrogens is 2. The molecule has 0 unspecified atom stereocenters. The molecule has 6 heteroatoms. The molecule has 0 fully saturated rings. The van der Waals surface area contributed by atoms with Gasteiger partial charge in [-0.25, -0.2) is 4.98 Å². The first kappa shape index (κ1) is 11.3. The predicted molar refractivity (Wildman–Crippen MR) is 60.9 cm³/mol. The van der Waals surface area contributed by atoms with E-state index in [1.165, 1.54) is 12.1 Å². The summed E-state index contributed by atoms with van der Waals surface area (Å²) in [6, 6.07) is 4.49. The maximum absolute atomic E-state index is 10.8. The Hall–Kier alpha value is -2.21. The summed E-state index contributed by atoms with van der Waals surface area (Å²) in [6.07, 6.45) is 3.34. The molecule has 0 atom stereocenters.